The van der Waals surface area contributed by atoms with Crippen molar-refractivity contribution >= 4 is 38.9 Å². The molecule has 0 amide bonds. The zero-order valence-electron chi connectivity index (χ0n) is 9.84. The number of rotatable bonds is 5. The average molecular weight is 339 g/mol. The second kappa shape index (κ2) is 6.53. The maximum Gasteiger partial charge on any atom is 0.0887 e. The monoisotopic (exact) mass is 337 g/mol. The molecular formula is C12H17BrClNOS. The summed E-state index contributed by atoms with van der Waals surface area (Å²) in [7, 11) is 0. The molecule has 1 fully saturated rings. The summed E-state index contributed by atoms with van der Waals surface area (Å²) in [4.78, 5) is 1.29. The van der Waals surface area contributed by atoms with E-state index in [9.17, 15) is 0 Å². The Labute approximate surface area is 120 Å². The number of ether oxygens (including phenoxy) is 1. The fourth-order valence-corrected chi connectivity index (χ4v) is 4.01. The minimum Gasteiger partial charge on any atom is -0.378 e. The first kappa shape index (κ1) is 13.8. The molecule has 1 aliphatic heterocycles. The lowest BCUT2D eigenvalue weighted by atomic mass is 10.1. The molecule has 2 unspecified atom stereocenters. The van der Waals surface area contributed by atoms with E-state index >= 15 is 0 Å². The van der Waals surface area contributed by atoms with Crippen LogP contribution in [0.3, 0.4) is 0 Å². The second-order valence-electron chi connectivity index (χ2n) is 4.25. The van der Waals surface area contributed by atoms with Gasteiger partial charge in [0.05, 0.1) is 14.9 Å². The summed E-state index contributed by atoms with van der Waals surface area (Å²) in [6.45, 7) is 4.01. The fourth-order valence-electron chi connectivity index (χ4n) is 2.17. The molecule has 2 rings (SSSR count). The van der Waals surface area contributed by atoms with Gasteiger partial charge in [0, 0.05) is 17.5 Å². The van der Waals surface area contributed by atoms with Crippen molar-refractivity contribution < 1.29 is 4.74 Å². The van der Waals surface area contributed by atoms with Crippen LogP contribution in [0.2, 0.25) is 5.02 Å². The first-order valence-corrected chi connectivity index (χ1v) is 7.99. The van der Waals surface area contributed by atoms with Crippen molar-refractivity contribution in [3.63, 3.8) is 0 Å². The van der Waals surface area contributed by atoms with Gasteiger partial charge in [-0.3, -0.25) is 0 Å². The van der Waals surface area contributed by atoms with Crippen LogP contribution in [0.5, 0.6) is 0 Å². The quantitative estimate of drug-likeness (QED) is 0.860. The van der Waals surface area contributed by atoms with Gasteiger partial charge < -0.3 is 10.1 Å². The molecule has 1 aromatic rings. The molecule has 0 saturated carbocycles. The lowest BCUT2D eigenvalue weighted by Gasteiger charge is -2.19. The van der Waals surface area contributed by atoms with Crippen LogP contribution in [0.1, 0.15) is 37.1 Å². The number of nitrogens with one attached hydrogen (secondary N) is 1. The van der Waals surface area contributed by atoms with Gasteiger partial charge in [0.15, 0.2) is 0 Å². The predicted octanol–water partition coefficient (Wildman–Crippen LogP) is 4.38. The molecule has 5 heteroatoms. The molecule has 0 radical (unpaired) electrons. The molecule has 2 atom stereocenters. The molecule has 0 aromatic carbocycles. The van der Waals surface area contributed by atoms with E-state index in [1.165, 1.54) is 17.7 Å². The average Bonchev–Trinajstić information content (AvgIpc) is 2.90. The van der Waals surface area contributed by atoms with E-state index in [0.29, 0.717) is 12.1 Å². The van der Waals surface area contributed by atoms with Crippen molar-refractivity contribution in [2.45, 2.75) is 38.3 Å². The summed E-state index contributed by atoms with van der Waals surface area (Å²) in [5, 5.41) is 4.32. The van der Waals surface area contributed by atoms with E-state index in [0.717, 1.165) is 28.4 Å². The SMILES string of the molecule is CCNC(CC1CCCO1)c1cc(Cl)c(Br)s1. The van der Waals surface area contributed by atoms with Crippen molar-refractivity contribution in [3.05, 3.63) is 19.8 Å². The van der Waals surface area contributed by atoms with Crippen LogP contribution in [0, 0.1) is 0 Å². The van der Waals surface area contributed by atoms with E-state index < -0.39 is 0 Å². The van der Waals surface area contributed by atoms with Crippen molar-refractivity contribution in [1.82, 2.24) is 5.32 Å². The second-order valence-corrected chi connectivity index (χ2v) is 7.06. The third kappa shape index (κ3) is 3.67. The summed E-state index contributed by atoms with van der Waals surface area (Å²) < 4.78 is 6.73. The highest BCUT2D eigenvalue weighted by Gasteiger charge is 2.23. The number of hydrogen-bond donors (Lipinski definition) is 1. The van der Waals surface area contributed by atoms with Crippen molar-refractivity contribution in [1.29, 1.82) is 0 Å². The van der Waals surface area contributed by atoms with Crippen LogP contribution >= 0.6 is 38.9 Å². The van der Waals surface area contributed by atoms with E-state index in [1.54, 1.807) is 11.3 Å². The molecule has 0 bridgehead atoms. The van der Waals surface area contributed by atoms with Gasteiger partial charge >= 0.3 is 0 Å². The normalized spacial score (nSPS) is 21.9. The summed E-state index contributed by atoms with van der Waals surface area (Å²) in [6.07, 6.45) is 3.82. The zero-order chi connectivity index (χ0) is 12.3. The Hall–Kier alpha value is 0.390. The van der Waals surface area contributed by atoms with Crippen LogP contribution in [0.25, 0.3) is 0 Å². The molecule has 96 valence electrons. The van der Waals surface area contributed by atoms with Crippen LogP contribution in [-0.2, 0) is 4.74 Å². The van der Waals surface area contributed by atoms with Crippen LogP contribution in [0.15, 0.2) is 9.85 Å². The van der Waals surface area contributed by atoms with Crippen LogP contribution < -0.4 is 5.32 Å². The van der Waals surface area contributed by atoms with Gasteiger partial charge in [-0.25, -0.2) is 0 Å². The van der Waals surface area contributed by atoms with Crippen LogP contribution in [0.4, 0.5) is 0 Å². The summed E-state index contributed by atoms with van der Waals surface area (Å²) in [5.74, 6) is 0. The lowest BCUT2D eigenvalue weighted by molar-refractivity contribution is 0.0951. The van der Waals surface area contributed by atoms with Crippen molar-refractivity contribution in [2.24, 2.45) is 0 Å². The molecule has 2 heterocycles. The molecule has 0 spiro atoms. The highest BCUT2D eigenvalue weighted by atomic mass is 79.9. The van der Waals surface area contributed by atoms with Crippen LogP contribution in [-0.4, -0.2) is 19.3 Å². The Kier molecular flexibility index (Phi) is 5.30. The molecular weight excluding hydrogens is 322 g/mol. The zero-order valence-corrected chi connectivity index (χ0v) is 13.0. The Morgan fingerprint density at radius 1 is 1.71 bits per heavy atom. The molecule has 17 heavy (non-hydrogen) atoms. The van der Waals surface area contributed by atoms with Crippen molar-refractivity contribution in [2.75, 3.05) is 13.2 Å². The predicted molar refractivity (Wildman–Crippen MR) is 77.0 cm³/mol. The third-order valence-corrected chi connectivity index (χ3v) is 5.57. The number of thiophene rings is 1. The van der Waals surface area contributed by atoms with E-state index in [1.807, 2.05) is 0 Å². The van der Waals surface area contributed by atoms with Gasteiger partial charge in [-0.15, -0.1) is 11.3 Å². The maximum atomic E-state index is 6.09. The fraction of sp³-hybridized carbons (Fsp3) is 0.667. The van der Waals surface area contributed by atoms with Crippen molar-refractivity contribution in [3.8, 4) is 0 Å². The Bertz CT molecular complexity index is 346. The first-order chi connectivity index (χ1) is 8.20. The van der Waals surface area contributed by atoms with Gasteiger partial charge in [-0.1, -0.05) is 18.5 Å². The van der Waals surface area contributed by atoms with E-state index in [2.05, 4.69) is 34.2 Å². The molecule has 1 saturated heterocycles. The number of hydrogen-bond acceptors (Lipinski definition) is 3. The molecule has 2 nitrogen and oxygen atoms in total. The molecule has 1 aromatic heterocycles. The summed E-state index contributed by atoms with van der Waals surface area (Å²) >= 11 is 11.3. The Morgan fingerprint density at radius 3 is 3.06 bits per heavy atom. The number of halogens is 2. The first-order valence-electron chi connectivity index (χ1n) is 6.00. The molecule has 0 aliphatic carbocycles. The third-order valence-electron chi connectivity index (χ3n) is 2.98. The van der Waals surface area contributed by atoms with Gasteiger partial charge in [-0.05, 0) is 47.8 Å². The van der Waals surface area contributed by atoms with E-state index in [4.69, 9.17) is 16.3 Å². The topological polar surface area (TPSA) is 21.3 Å². The Balaban J connectivity index is 2.04. The highest BCUT2D eigenvalue weighted by molar-refractivity contribution is 9.11. The highest BCUT2D eigenvalue weighted by Crippen LogP contribution is 2.37. The largest absolute Gasteiger partial charge is 0.378 e. The lowest BCUT2D eigenvalue weighted by Crippen LogP contribution is -2.24. The summed E-state index contributed by atoms with van der Waals surface area (Å²) in [6, 6.07) is 2.41. The van der Waals surface area contributed by atoms with Gasteiger partial charge in [0.2, 0.25) is 0 Å². The smallest absolute Gasteiger partial charge is 0.0887 e. The van der Waals surface area contributed by atoms with Gasteiger partial charge in [0.1, 0.15) is 0 Å². The van der Waals surface area contributed by atoms with E-state index in [-0.39, 0.29) is 0 Å². The molecule has 1 N–H and O–H groups in total. The van der Waals surface area contributed by atoms with Gasteiger partial charge in [-0.2, -0.15) is 0 Å². The Morgan fingerprint density at radius 2 is 2.53 bits per heavy atom. The standard InChI is InChI=1S/C12H17BrClNOS/c1-2-15-10(6-8-4-3-5-16-8)11-7-9(14)12(13)17-11/h7-8,10,15H,2-6H2,1H3. The maximum absolute atomic E-state index is 6.09. The summed E-state index contributed by atoms with van der Waals surface area (Å²) in [5.41, 5.74) is 0. The molecule has 1 aliphatic rings. The minimum atomic E-state index is 0.358. The van der Waals surface area contributed by atoms with Gasteiger partial charge in [0.25, 0.3) is 0 Å². The minimum absolute atomic E-state index is 0.358.